The first-order valence-electron chi connectivity index (χ1n) is 15.7. The summed E-state index contributed by atoms with van der Waals surface area (Å²) in [5, 5.41) is 17.4. The molecule has 3 aromatic carbocycles. The molecular weight excluding hydrogens is 564 g/mol. The van der Waals surface area contributed by atoms with E-state index < -0.39 is 0 Å². The van der Waals surface area contributed by atoms with Crippen LogP contribution in [0.15, 0.2) is 83.5 Å². The Morgan fingerprint density at radius 2 is 1.80 bits per heavy atom. The maximum absolute atomic E-state index is 13.6. The molecule has 0 bridgehead atoms. The first kappa shape index (κ1) is 32.0. The third kappa shape index (κ3) is 7.63. The Balaban J connectivity index is 1.28. The van der Waals surface area contributed by atoms with Crippen molar-refractivity contribution < 1.29 is 19.1 Å². The first-order chi connectivity index (χ1) is 21.5. The summed E-state index contributed by atoms with van der Waals surface area (Å²) in [6.07, 6.45) is 3.25. The fourth-order valence-corrected chi connectivity index (χ4v) is 6.02. The molecule has 1 saturated heterocycles. The highest BCUT2D eigenvalue weighted by Crippen LogP contribution is 2.33. The molecule has 0 spiro atoms. The predicted molar refractivity (Wildman–Crippen MR) is 175 cm³/mol. The number of oxazole rings is 1. The fraction of sp³-hybridized carbons (Fsp3) is 0.378. The minimum atomic E-state index is -0.324. The normalized spacial score (nSPS) is 16.4. The second-order valence-corrected chi connectivity index (χ2v) is 13.1. The van der Waals surface area contributed by atoms with E-state index >= 15 is 0 Å². The Morgan fingerprint density at radius 1 is 1.04 bits per heavy atom. The average Bonchev–Trinajstić information content (AvgIpc) is 3.68. The number of carbonyl (C=O) groups is 2. The van der Waals surface area contributed by atoms with Gasteiger partial charge in [-0.15, -0.1) is 0 Å². The fourth-order valence-electron chi connectivity index (χ4n) is 6.02. The number of nitrogens with one attached hydrogen (secondary N) is 2. The molecule has 1 aliphatic heterocycles. The average molecular weight is 609 g/mol. The number of benzene rings is 3. The van der Waals surface area contributed by atoms with Crippen LogP contribution in [0, 0.1) is 6.92 Å². The monoisotopic (exact) mass is 608 g/mol. The van der Waals surface area contributed by atoms with Gasteiger partial charge >= 0.3 is 0 Å². The van der Waals surface area contributed by atoms with E-state index in [0.717, 1.165) is 24.1 Å². The molecule has 1 aromatic heterocycles. The highest BCUT2D eigenvalue weighted by molar-refractivity contribution is 6.00. The highest BCUT2D eigenvalue weighted by atomic mass is 16.3. The Morgan fingerprint density at radius 3 is 2.53 bits per heavy atom. The number of hydrogen-bond donors (Lipinski definition) is 3. The molecule has 0 aliphatic carbocycles. The van der Waals surface area contributed by atoms with Crippen molar-refractivity contribution in [3.8, 4) is 5.75 Å². The summed E-state index contributed by atoms with van der Waals surface area (Å²) in [6, 6.07) is 22.1. The van der Waals surface area contributed by atoms with E-state index in [1.807, 2.05) is 26.0 Å². The van der Waals surface area contributed by atoms with Crippen LogP contribution >= 0.6 is 0 Å². The quantitative estimate of drug-likeness (QED) is 0.186. The number of aryl methyl sites for hydroxylation is 1. The number of amides is 2. The number of phenols is 1. The minimum Gasteiger partial charge on any atom is -0.508 e. The first-order valence-corrected chi connectivity index (χ1v) is 15.7. The summed E-state index contributed by atoms with van der Waals surface area (Å²) in [5.74, 6) is 0.0981. The standard InChI is InChI=1S/C37H44N4O4/c1-24-23-45-35(39-24)32-16-10-18-41(32)36(44)28-13-9-12-27(20-28)34(43)40-25(2)31(30-15-6-7-17-33(30)42)22-38-21-26-11-8-14-29(19-26)37(3,4)5/h6-9,11-15,17,19-20,23,25,31-32,38,42H,10,16,18,21-22H2,1-5H3,(H,40,43)/t25-,31+,32+/m0/s1. The topological polar surface area (TPSA) is 108 Å². The SMILES string of the molecule is Cc1coc([C@H]2CCCN2C(=O)c2cccc(C(=O)N[C@@H](C)[C@@H](CNCc3cccc(C(C)(C)C)c3)c3ccccc3O)c2)n1. The Labute approximate surface area is 265 Å². The highest BCUT2D eigenvalue weighted by Gasteiger charge is 2.34. The van der Waals surface area contributed by atoms with Crippen molar-refractivity contribution in [2.45, 2.75) is 77.4 Å². The number of carbonyl (C=O) groups excluding carboxylic acids is 2. The molecule has 2 amide bonds. The van der Waals surface area contributed by atoms with E-state index in [4.69, 9.17) is 4.42 Å². The Hall–Kier alpha value is -4.43. The zero-order valence-electron chi connectivity index (χ0n) is 26.8. The van der Waals surface area contributed by atoms with Crippen LogP contribution in [-0.2, 0) is 12.0 Å². The zero-order valence-corrected chi connectivity index (χ0v) is 26.8. The van der Waals surface area contributed by atoms with Gasteiger partial charge in [0.25, 0.3) is 11.8 Å². The van der Waals surface area contributed by atoms with Crippen LogP contribution < -0.4 is 10.6 Å². The maximum Gasteiger partial charge on any atom is 0.254 e. The van der Waals surface area contributed by atoms with Crippen LogP contribution in [0.2, 0.25) is 0 Å². The molecule has 0 unspecified atom stereocenters. The summed E-state index contributed by atoms with van der Waals surface area (Å²) < 4.78 is 5.62. The van der Waals surface area contributed by atoms with E-state index in [0.29, 0.717) is 36.7 Å². The molecule has 2 heterocycles. The lowest BCUT2D eigenvalue weighted by molar-refractivity contribution is 0.0715. The third-order valence-electron chi connectivity index (χ3n) is 8.59. The van der Waals surface area contributed by atoms with Gasteiger partial charge in [-0.1, -0.05) is 69.3 Å². The maximum atomic E-state index is 13.6. The van der Waals surface area contributed by atoms with Crippen LogP contribution in [0.4, 0.5) is 0 Å². The van der Waals surface area contributed by atoms with Gasteiger partial charge in [0.2, 0.25) is 5.89 Å². The molecule has 8 heteroatoms. The number of nitrogens with zero attached hydrogens (tertiary/aromatic N) is 2. The van der Waals surface area contributed by atoms with Crippen LogP contribution in [0.5, 0.6) is 5.75 Å². The summed E-state index contributed by atoms with van der Waals surface area (Å²) >= 11 is 0. The number of para-hydroxylation sites is 1. The van der Waals surface area contributed by atoms with Gasteiger partial charge in [-0.05, 0) is 67.5 Å². The molecule has 45 heavy (non-hydrogen) atoms. The smallest absolute Gasteiger partial charge is 0.254 e. The van der Waals surface area contributed by atoms with Crippen LogP contribution in [-0.4, -0.2) is 45.9 Å². The van der Waals surface area contributed by atoms with Crippen molar-refractivity contribution in [1.29, 1.82) is 0 Å². The van der Waals surface area contributed by atoms with E-state index in [2.05, 4.69) is 60.7 Å². The summed E-state index contributed by atoms with van der Waals surface area (Å²) in [4.78, 5) is 33.3. The number of likely N-dealkylation sites (tertiary alicyclic amines) is 1. The Bertz CT molecular complexity index is 1640. The molecule has 3 atom stereocenters. The molecule has 0 saturated carbocycles. The predicted octanol–water partition coefficient (Wildman–Crippen LogP) is 6.66. The molecule has 1 fully saturated rings. The van der Waals surface area contributed by atoms with Gasteiger partial charge in [0.15, 0.2) is 0 Å². The molecule has 236 valence electrons. The molecule has 0 radical (unpaired) electrons. The zero-order chi connectivity index (χ0) is 32.1. The Kier molecular flexibility index (Phi) is 9.73. The number of hydrogen-bond acceptors (Lipinski definition) is 6. The van der Waals surface area contributed by atoms with E-state index in [9.17, 15) is 14.7 Å². The molecular formula is C37H44N4O4. The van der Waals surface area contributed by atoms with Crippen LogP contribution in [0.25, 0.3) is 0 Å². The van der Waals surface area contributed by atoms with E-state index in [1.165, 1.54) is 11.1 Å². The van der Waals surface area contributed by atoms with Gasteiger partial charge in [0.1, 0.15) is 18.1 Å². The van der Waals surface area contributed by atoms with Crippen molar-refractivity contribution >= 4 is 11.8 Å². The van der Waals surface area contributed by atoms with Gasteiger partial charge in [0, 0.05) is 48.3 Å². The van der Waals surface area contributed by atoms with Crippen LogP contribution in [0.3, 0.4) is 0 Å². The van der Waals surface area contributed by atoms with Crippen molar-refractivity contribution in [3.05, 3.63) is 118 Å². The van der Waals surface area contributed by atoms with Gasteiger partial charge in [-0.2, -0.15) is 0 Å². The van der Waals surface area contributed by atoms with E-state index in [1.54, 1.807) is 47.6 Å². The molecule has 1 aliphatic rings. The minimum absolute atomic E-state index is 0.0566. The van der Waals surface area contributed by atoms with Crippen molar-refractivity contribution in [2.24, 2.45) is 0 Å². The molecule has 5 rings (SSSR count). The third-order valence-corrected chi connectivity index (χ3v) is 8.59. The molecule has 8 nitrogen and oxygen atoms in total. The largest absolute Gasteiger partial charge is 0.508 e. The van der Waals surface area contributed by atoms with Gasteiger partial charge in [-0.25, -0.2) is 4.98 Å². The van der Waals surface area contributed by atoms with Gasteiger partial charge < -0.3 is 25.1 Å². The van der Waals surface area contributed by atoms with Crippen molar-refractivity contribution in [2.75, 3.05) is 13.1 Å². The summed E-state index contributed by atoms with van der Waals surface area (Å²) in [7, 11) is 0. The lowest BCUT2D eigenvalue weighted by Crippen LogP contribution is -2.41. The van der Waals surface area contributed by atoms with Gasteiger partial charge in [0.05, 0.1) is 5.69 Å². The van der Waals surface area contributed by atoms with E-state index in [-0.39, 0.29) is 41.0 Å². The number of rotatable bonds is 10. The van der Waals surface area contributed by atoms with Crippen molar-refractivity contribution in [3.63, 3.8) is 0 Å². The van der Waals surface area contributed by atoms with Crippen LogP contribution in [0.1, 0.15) is 101 Å². The second kappa shape index (κ2) is 13.7. The summed E-state index contributed by atoms with van der Waals surface area (Å²) in [5.41, 5.74) is 4.89. The number of phenolic OH excluding ortho intramolecular Hbond substituents is 1. The molecule has 4 aromatic rings. The molecule has 3 N–H and O–H groups in total. The lowest BCUT2D eigenvalue weighted by Gasteiger charge is -2.27. The number of aromatic nitrogens is 1. The summed E-state index contributed by atoms with van der Waals surface area (Å²) in [6.45, 7) is 12.2. The van der Waals surface area contributed by atoms with Crippen molar-refractivity contribution in [1.82, 2.24) is 20.5 Å². The van der Waals surface area contributed by atoms with Gasteiger partial charge in [-0.3, -0.25) is 9.59 Å². The lowest BCUT2D eigenvalue weighted by atomic mass is 9.86. The number of aromatic hydroxyl groups is 1. The second-order valence-electron chi connectivity index (χ2n) is 13.1.